The first-order valence-electron chi connectivity index (χ1n) is 5.54. The van der Waals surface area contributed by atoms with Gasteiger partial charge in [-0.05, 0) is 36.9 Å². The lowest BCUT2D eigenvalue weighted by molar-refractivity contribution is -0.137. The molecule has 0 aliphatic heterocycles. The van der Waals surface area contributed by atoms with E-state index in [9.17, 15) is 13.2 Å². The van der Waals surface area contributed by atoms with Crippen LogP contribution >= 0.6 is 11.6 Å². The summed E-state index contributed by atoms with van der Waals surface area (Å²) in [5.41, 5.74) is -0.257. The lowest BCUT2D eigenvalue weighted by Gasteiger charge is -2.12. The van der Waals surface area contributed by atoms with Crippen LogP contribution in [0.15, 0.2) is 18.2 Å². The summed E-state index contributed by atoms with van der Waals surface area (Å²) in [4.78, 5) is 0. The van der Waals surface area contributed by atoms with E-state index in [0.717, 1.165) is 12.6 Å². The number of rotatable bonds is 4. The van der Waals surface area contributed by atoms with Gasteiger partial charge in [0, 0.05) is 6.54 Å². The van der Waals surface area contributed by atoms with Crippen LogP contribution in [0.25, 0.3) is 0 Å². The van der Waals surface area contributed by atoms with Gasteiger partial charge in [-0.1, -0.05) is 23.7 Å². The largest absolute Gasteiger partial charge is 0.417 e. The lowest BCUT2D eigenvalue weighted by atomic mass is 10.1. The minimum absolute atomic E-state index is 0.191. The molecule has 0 spiro atoms. The highest BCUT2D eigenvalue weighted by atomic mass is 35.5. The van der Waals surface area contributed by atoms with Gasteiger partial charge in [-0.15, -0.1) is 0 Å². The monoisotopic (exact) mass is 263 g/mol. The Balaban J connectivity index is 2.05. The summed E-state index contributed by atoms with van der Waals surface area (Å²) < 4.78 is 37.8. The maximum absolute atomic E-state index is 12.6. The van der Waals surface area contributed by atoms with Gasteiger partial charge >= 0.3 is 6.18 Å². The number of nitrogens with one attached hydrogen (secondary N) is 1. The molecule has 17 heavy (non-hydrogen) atoms. The molecule has 1 aliphatic carbocycles. The first-order chi connectivity index (χ1) is 7.98. The summed E-state index contributed by atoms with van der Waals surface area (Å²) >= 11 is 5.76. The summed E-state index contributed by atoms with van der Waals surface area (Å²) in [6, 6.07) is 4.02. The fourth-order valence-corrected chi connectivity index (χ4v) is 1.97. The minimum Gasteiger partial charge on any atom is -0.312 e. The zero-order chi connectivity index (χ0) is 12.5. The van der Waals surface area contributed by atoms with Crippen LogP contribution in [0.5, 0.6) is 0 Å². The molecule has 0 heterocycles. The third kappa shape index (κ3) is 3.36. The molecule has 0 radical (unpaired) electrons. The van der Waals surface area contributed by atoms with Crippen molar-refractivity contribution in [3.63, 3.8) is 0 Å². The summed E-state index contributed by atoms with van der Waals surface area (Å²) in [6.45, 7) is 1.24. The van der Waals surface area contributed by atoms with Gasteiger partial charge in [0.2, 0.25) is 0 Å². The average Bonchev–Trinajstić information content (AvgIpc) is 3.02. The predicted octanol–water partition coefficient (Wildman–Crippen LogP) is 3.86. The Kier molecular flexibility index (Phi) is 3.64. The third-order valence-corrected chi connectivity index (χ3v) is 3.28. The van der Waals surface area contributed by atoms with Crippen molar-refractivity contribution in [3.8, 4) is 0 Å². The number of hydrogen-bond donors (Lipinski definition) is 1. The standard InChI is InChI=1S/C12H13ClF3N/c13-11-9(7-17-6-8-4-5-8)2-1-3-10(11)12(14,15)16/h1-3,8,17H,4-7H2. The molecule has 5 heteroatoms. The van der Waals surface area contributed by atoms with Gasteiger partial charge < -0.3 is 5.32 Å². The van der Waals surface area contributed by atoms with Crippen LogP contribution < -0.4 is 5.32 Å². The van der Waals surface area contributed by atoms with Crippen LogP contribution in [-0.2, 0) is 12.7 Å². The van der Waals surface area contributed by atoms with Crippen LogP contribution in [0, 0.1) is 5.92 Å². The molecule has 1 aromatic carbocycles. The Morgan fingerprint density at radius 2 is 2.00 bits per heavy atom. The van der Waals surface area contributed by atoms with E-state index in [1.807, 2.05) is 0 Å². The Bertz CT molecular complexity index is 399. The SMILES string of the molecule is FC(F)(F)c1cccc(CNCC2CC2)c1Cl. The molecular formula is C12H13ClF3N. The zero-order valence-corrected chi connectivity index (χ0v) is 9.91. The fourth-order valence-electron chi connectivity index (χ4n) is 1.67. The summed E-state index contributed by atoms with van der Waals surface area (Å²) in [7, 11) is 0. The molecular weight excluding hydrogens is 251 g/mol. The van der Waals surface area contributed by atoms with E-state index in [1.54, 1.807) is 6.07 Å². The Morgan fingerprint density at radius 1 is 1.29 bits per heavy atom. The van der Waals surface area contributed by atoms with E-state index < -0.39 is 11.7 Å². The number of alkyl halides is 3. The van der Waals surface area contributed by atoms with Crippen molar-refractivity contribution >= 4 is 11.6 Å². The molecule has 1 nitrogen and oxygen atoms in total. The molecule has 2 rings (SSSR count). The van der Waals surface area contributed by atoms with Crippen LogP contribution in [0.2, 0.25) is 5.02 Å². The Labute approximate surface area is 103 Å². The highest BCUT2D eigenvalue weighted by molar-refractivity contribution is 6.32. The maximum atomic E-state index is 12.6. The molecule has 0 unspecified atom stereocenters. The van der Waals surface area contributed by atoms with Gasteiger partial charge in [0.25, 0.3) is 0 Å². The maximum Gasteiger partial charge on any atom is 0.417 e. The number of halogens is 4. The molecule has 1 N–H and O–H groups in total. The number of benzene rings is 1. The van der Waals surface area contributed by atoms with Crippen LogP contribution in [-0.4, -0.2) is 6.54 Å². The molecule has 0 atom stereocenters. The minimum atomic E-state index is -4.39. The average molecular weight is 264 g/mol. The quantitative estimate of drug-likeness (QED) is 0.870. The third-order valence-electron chi connectivity index (χ3n) is 2.83. The predicted molar refractivity (Wildman–Crippen MR) is 60.9 cm³/mol. The lowest BCUT2D eigenvalue weighted by Crippen LogP contribution is -2.17. The van der Waals surface area contributed by atoms with Gasteiger partial charge in [0.1, 0.15) is 0 Å². The van der Waals surface area contributed by atoms with Gasteiger partial charge in [-0.25, -0.2) is 0 Å². The van der Waals surface area contributed by atoms with Crippen LogP contribution in [0.3, 0.4) is 0 Å². The van der Waals surface area contributed by atoms with E-state index in [1.165, 1.54) is 18.9 Å². The summed E-state index contributed by atoms with van der Waals surface area (Å²) in [6.07, 6.45) is -1.96. The Morgan fingerprint density at radius 3 is 2.59 bits per heavy atom. The molecule has 1 aliphatic rings. The smallest absolute Gasteiger partial charge is 0.312 e. The summed E-state index contributed by atoms with van der Waals surface area (Å²) in [5.74, 6) is 0.694. The molecule has 1 fully saturated rings. The van der Waals surface area contributed by atoms with Gasteiger partial charge in [-0.3, -0.25) is 0 Å². The van der Waals surface area contributed by atoms with E-state index in [2.05, 4.69) is 5.32 Å². The fraction of sp³-hybridized carbons (Fsp3) is 0.500. The van der Waals surface area contributed by atoms with Gasteiger partial charge in [0.05, 0.1) is 10.6 Å². The molecule has 1 saturated carbocycles. The molecule has 0 amide bonds. The second kappa shape index (κ2) is 4.86. The summed E-state index contributed by atoms with van der Waals surface area (Å²) in [5, 5.41) is 2.94. The molecule has 1 aromatic rings. The molecule has 0 saturated heterocycles. The van der Waals surface area contributed by atoms with E-state index >= 15 is 0 Å². The van der Waals surface area contributed by atoms with Crippen molar-refractivity contribution < 1.29 is 13.2 Å². The highest BCUT2D eigenvalue weighted by Crippen LogP contribution is 2.36. The van der Waals surface area contributed by atoms with Crippen LogP contribution in [0.4, 0.5) is 13.2 Å². The number of hydrogen-bond acceptors (Lipinski definition) is 1. The van der Waals surface area contributed by atoms with Crippen molar-refractivity contribution in [3.05, 3.63) is 34.3 Å². The van der Waals surface area contributed by atoms with Crippen LogP contribution in [0.1, 0.15) is 24.0 Å². The first kappa shape index (κ1) is 12.7. The van der Waals surface area contributed by atoms with Crippen molar-refractivity contribution in [2.75, 3.05) is 6.54 Å². The normalized spacial score (nSPS) is 16.2. The van der Waals surface area contributed by atoms with Gasteiger partial charge in [0.15, 0.2) is 0 Å². The van der Waals surface area contributed by atoms with Crippen molar-refractivity contribution in [1.29, 1.82) is 0 Å². The van der Waals surface area contributed by atoms with E-state index in [0.29, 0.717) is 18.0 Å². The highest BCUT2D eigenvalue weighted by Gasteiger charge is 2.33. The molecule has 94 valence electrons. The zero-order valence-electron chi connectivity index (χ0n) is 9.15. The molecule has 0 aromatic heterocycles. The molecule has 0 bridgehead atoms. The van der Waals surface area contributed by atoms with Crippen molar-refractivity contribution in [1.82, 2.24) is 5.32 Å². The van der Waals surface area contributed by atoms with Crippen molar-refractivity contribution in [2.45, 2.75) is 25.6 Å². The first-order valence-corrected chi connectivity index (χ1v) is 5.91. The Hall–Kier alpha value is -0.740. The second-order valence-electron chi connectivity index (χ2n) is 4.35. The van der Waals surface area contributed by atoms with Gasteiger partial charge in [-0.2, -0.15) is 13.2 Å². The topological polar surface area (TPSA) is 12.0 Å². The van der Waals surface area contributed by atoms with E-state index in [-0.39, 0.29) is 5.02 Å². The van der Waals surface area contributed by atoms with Crippen molar-refractivity contribution in [2.24, 2.45) is 5.92 Å². The van der Waals surface area contributed by atoms with E-state index in [4.69, 9.17) is 11.6 Å². The second-order valence-corrected chi connectivity index (χ2v) is 4.73.